The number of hydrogen-bond donors (Lipinski definition) is 0. The molecule has 0 fully saturated rings. The lowest BCUT2D eigenvalue weighted by Crippen LogP contribution is -2.19. The summed E-state index contributed by atoms with van der Waals surface area (Å²) in [5.41, 5.74) is 5.03. The van der Waals surface area contributed by atoms with Crippen LogP contribution < -0.4 is 15.0 Å². The lowest BCUT2D eigenvalue weighted by atomic mass is 10.1. The van der Waals surface area contributed by atoms with Crippen LogP contribution in [0.2, 0.25) is 0 Å². The Morgan fingerprint density at radius 3 is 2.30 bits per heavy atom. The van der Waals surface area contributed by atoms with Gasteiger partial charge in [0.05, 0.1) is 17.1 Å². The molecule has 1 aliphatic heterocycles. The molecule has 184 valence electrons. The molecule has 0 spiro atoms. The molecule has 3 heterocycles. The summed E-state index contributed by atoms with van der Waals surface area (Å²) < 4.78 is 16.7. The number of para-hydroxylation sites is 2. The molecule has 6 rings (SSSR count). The van der Waals surface area contributed by atoms with Crippen LogP contribution in [-0.4, -0.2) is 38.6 Å². The summed E-state index contributed by atoms with van der Waals surface area (Å²) in [6.07, 6.45) is 3.62. The molecule has 0 bridgehead atoms. The SMILES string of the molecule is Cc1c(N=Cc2cn(-c3ccccc3)nc2-c2ccc3c(c2)OCCO3)c(=O)n(-c2ccccc2)n1C. The van der Waals surface area contributed by atoms with E-state index >= 15 is 0 Å². The van der Waals surface area contributed by atoms with Crippen LogP contribution in [-0.2, 0) is 7.05 Å². The van der Waals surface area contributed by atoms with Gasteiger partial charge in [0.2, 0.25) is 0 Å². The van der Waals surface area contributed by atoms with Crippen molar-refractivity contribution in [2.75, 3.05) is 13.2 Å². The zero-order chi connectivity index (χ0) is 25.4. The van der Waals surface area contributed by atoms with Crippen LogP contribution >= 0.6 is 0 Å². The van der Waals surface area contributed by atoms with E-state index in [0.717, 1.165) is 33.9 Å². The summed E-state index contributed by atoms with van der Waals surface area (Å²) in [6, 6.07) is 25.2. The standard InChI is InChI=1S/C29H25N5O3/c1-20-27(29(35)34(32(20)2)24-11-7-4-8-12-24)30-18-22-19-33(23-9-5-3-6-10-23)31-28(22)21-13-14-25-26(17-21)37-16-15-36-25/h3-14,17-19H,15-16H2,1-2H3. The fourth-order valence-corrected chi connectivity index (χ4v) is 4.45. The maximum absolute atomic E-state index is 13.4. The lowest BCUT2D eigenvalue weighted by molar-refractivity contribution is 0.171. The van der Waals surface area contributed by atoms with Gasteiger partial charge in [0, 0.05) is 30.6 Å². The van der Waals surface area contributed by atoms with Crippen LogP contribution in [0.3, 0.4) is 0 Å². The Kier molecular flexibility index (Phi) is 5.69. The van der Waals surface area contributed by atoms with Crippen molar-refractivity contribution in [3.8, 4) is 34.1 Å². The van der Waals surface area contributed by atoms with E-state index in [1.807, 2.05) is 108 Å². The second-order valence-electron chi connectivity index (χ2n) is 8.74. The summed E-state index contributed by atoms with van der Waals surface area (Å²) in [7, 11) is 1.86. The fourth-order valence-electron chi connectivity index (χ4n) is 4.45. The molecule has 0 atom stereocenters. The van der Waals surface area contributed by atoms with Gasteiger partial charge in [-0.1, -0.05) is 36.4 Å². The minimum absolute atomic E-state index is 0.182. The average molecular weight is 492 g/mol. The zero-order valence-corrected chi connectivity index (χ0v) is 20.5. The van der Waals surface area contributed by atoms with Crippen molar-refractivity contribution in [3.63, 3.8) is 0 Å². The quantitative estimate of drug-likeness (QED) is 0.329. The van der Waals surface area contributed by atoms with E-state index in [0.29, 0.717) is 30.4 Å². The Hall–Kier alpha value is -4.85. The summed E-state index contributed by atoms with van der Waals surface area (Å²) in [5, 5.41) is 4.87. The first-order valence-electron chi connectivity index (χ1n) is 12.0. The first-order chi connectivity index (χ1) is 18.1. The number of rotatable bonds is 5. The van der Waals surface area contributed by atoms with Crippen molar-refractivity contribution in [1.29, 1.82) is 0 Å². The minimum Gasteiger partial charge on any atom is -0.486 e. The molecular formula is C29H25N5O3. The van der Waals surface area contributed by atoms with Gasteiger partial charge in [0.15, 0.2) is 17.2 Å². The molecule has 3 aromatic carbocycles. The summed E-state index contributed by atoms with van der Waals surface area (Å²) in [4.78, 5) is 18.0. The predicted octanol–water partition coefficient (Wildman–Crippen LogP) is 4.86. The lowest BCUT2D eigenvalue weighted by Gasteiger charge is -2.18. The summed E-state index contributed by atoms with van der Waals surface area (Å²) in [6.45, 7) is 2.93. The number of hydrogen-bond acceptors (Lipinski definition) is 5. The maximum atomic E-state index is 13.4. The number of ether oxygens (including phenoxy) is 2. The highest BCUT2D eigenvalue weighted by Crippen LogP contribution is 2.35. The van der Waals surface area contributed by atoms with Crippen LogP contribution in [0.25, 0.3) is 22.6 Å². The maximum Gasteiger partial charge on any atom is 0.297 e. The van der Waals surface area contributed by atoms with Gasteiger partial charge < -0.3 is 9.47 Å². The Morgan fingerprint density at radius 2 is 1.57 bits per heavy atom. The van der Waals surface area contributed by atoms with Crippen LogP contribution in [0.5, 0.6) is 11.5 Å². The summed E-state index contributed by atoms with van der Waals surface area (Å²) >= 11 is 0. The highest BCUT2D eigenvalue weighted by molar-refractivity contribution is 5.90. The topological polar surface area (TPSA) is 75.6 Å². The van der Waals surface area contributed by atoms with Gasteiger partial charge in [-0.05, 0) is 49.4 Å². The third-order valence-corrected chi connectivity index (χ3v) is 6.44. The zero-order valence-electron chi connectivity index (χ0n) is 20.5. The van der Waals surface area contributed by atoms with E-state index in [1.165, 1.54) is 0 Å². The minimum atomic E-state index is -0.182. The Balaban J connectivity index is 1.45. The first kappa shape index (κ1) is 22.6. The van der Waals surface area contributed by atoms with E-state index in [9.17, 15) is 4.79 Å². The molecule has 0 aliphatic carbocycles. The van der Waals surface area contributed by atoms with Crippen molar-refractivity contribution in [1.82, 2.24) is 19.1 Å². The van der Waals surface area contributed by atoms with Crippen molar-refractivity contribution in [2.45, 2.75) is 6.92 Å². The fraction of sp³-hybridized carbons (Fsp3) is 0.138. The molecular weight excluding hydrogens is 466 g/mol. The molecule has 0 N–H and O–H groups in total. The largest absolute Gasteiger partial charge is 0.486 e. The Labute approximate surface area is 213 Å². The smallest absolute Gasteiger partial charge is 0.297 e. The molecule has 8 nitrogen and oxygen atoms in total. The van der Waals surface area contributed by atoms with E-state index in [4.69, 9.17) is 14.6 Å². The molecule has 8 heteroatoms. The van der Waals surface area contributed by atoms with Gasteiger partial charge in [-0.25, -0.2) is 14.4 Å². The van der Waals surface area contributed by atoms with E-state index < -0.39 is 0 Å². The molecule has 0 amide bonds. The number of nitrogens with zero attached hydrogens (tertiary/aromatic N) is 5. The number of aliphatic imine (C=N–C) groups is 1. The molecule has 5 aromatic rings. The third kappa shape index (κ3) is 4.12. The van der Waals surface area contributed by atoms with E-state index in [1.54, 1.807) is 10.9 Å². The first-order valence-corrected chi connectivity index (χ1v) is 12.0. The van der Waals surface area contributed by atoms with E-state index in [2.05, 4.69) is 4.99 Å². The van der Waals surface area contributed by atoms with Crippen molar-refractivity contribution >= 4 is 11.9 Å². The second kappa shape index (κ2) is 9.31. The highest BCUT2D eigenvalue weighted by Gasteiger charge is 2.18. The molecule has 0 saturated carbocycles. The molecule has 0 radical (unpaired) electrons. The Morgan fingerprint density at radius 1 is 0.892 bits per heavy atom. The van der Waals surface area contributed by atoms with Crippen LogP contribution in [0.4, 0.5) is 5.69 Å². The molecule has 0 saturated heterocycles. The number of benzene rings is 3. The van der Waals surface area contributed by atoms with Crippen molar-refractivity contribution < 1.29 is 9.47 Å². The van der Waals surface area contributed by atoms with Gasteiger partial charge in [-0.15, -0.1) is 0 Å². The third-order valence-electron chi connectivity index (χ3n) is 6.44. The van der Waals surface area contributed by atoms with Crippen molar-refractivity contribution in [3.05, 3.63) is 107 Å². The molecule has 2 aromatic heterocycles. The van der Waals surface area contributed by atoms with Gasteiger partial charge in [0.25, 0.3) is 5.56 Å². The van der Waals surface area contributed by atoms with E-state index in [-0.39, 0.29) is 5.56 Å². The van der Waals surface area contributed by atoms with Crippen LogP contribution in [0.1, 0.15) is 11.3 Å². The normalized spacial score (nSPS) is 12.8. The number of aromatic nitrogens is 4. The van der Waals surface area contributed by atoms with Gasteiger partial charge in [0.1, 0.15) is 18.9 Å². The van der Waals surface area contributed by atoms with Gasteiger partial charge >= 0.3 is 0 Å². The highest BCUT2D eigenvalue weighted by atomic mass is 16.6. The molecule has 1 aliphatic rings. The average Bonchev–Trinajstić information content (AvgIpc) is 3.46. The molecule has 0 unspecified atom stereocenters. The van der Waals surface area contributed by atoms with Gasteiger partial charge in [-0.3, -0.25) is 9.48 Å². The predicted molar refractivity (Wildman–Crippen MR) is 143 cm³/mol. The monoisotopic (exact) mass is 491 g/mol. The van der Waals surface area contributed by atoms with Crippen LogP contribution in [0.15, 0.2) is 94.8 Å². The van der Waals surface area contributed by atoms with Crippen LogP contribution in [0, 0.1) is 6.92 Å². The second-order valence-corrected chi connectivity index (χ2v) is 8.74. The van der Waals surface area contributed by atoms with Crippen molar-refractivity contribution in [2.24, 2.45) is 12.0 Å². The molecule has 37 heavy (non-hydrogen) atoms. The summed E-state index contributed by atoms with van der Waals surface area (Å²) in [5.74, 6) is 1.40. The number of fused-ring (bicyclic) bond motifs is 1. The van der Waals surface area contributed by atoms with Gasteiger partial charge in [-0.2, -0.15) is 5.10 Å². The Bertz CT molecular complexity index is 1660.